The van der Waals surface area contributed by atoms with Crippen molar-refractivity contribution in [2.45, 2.75) is 45.1 Å². The largest absolute Gasteiger partial charge is 0.493 e. The molecule has 0 bridgehead atoms. The first kappa shape index (κ1) is 22.5. The van der Waals surface area contributed by atoms with Gasteiger partial charge in [0.25, 0.3) is 5.91 Å². The maximum Gasteiger partial charge on any atom is 0.253 e. The van der Waals surface area contributed by atoms with Gasteiger partial charge in [-0.05, 0) is 44.5 Å². The third-order valence-corrected chi connectivity index (χ3v) is 5.66. The molecular formula is C19H28F2N2O4S. The molecule has 1 aromatic rings. The second-order valence-electron chi connectivity index (χ2n) is 7.17. The van der Waals surface area contributed by atoms with Crippen molar-refractivity contribution < 1.29 is 26.7 Å². The number of hydrogen-bond donors (Lipinski definition) is 1. The molecule has 2 rings (SSSR count). The van der Waals surface area contributed by atoms with E-state index in [0.717, 1.165) is 6.26 Å². The molecule has 0 heterocycles. The fourth-order valence-corrected chi connectivity index (χ4v) is 4.29. The Morgan fingerprint density at radius 1 is 1.25 bits per heavy atom. The number of sulfonamides is 1. The number of carbonyl (C=O) groups excluding carboxylic acids is 1. The maximum absolute atomic E-state index is 13.8. The Balaban J connectivity index is 2.02. The molecule has 1 saturated carbocycles. The predicted molar refractivity (Wildman–Crippen MR) is 103 cm³/mol. The van der Waals surface area contributed by atoms with Crippen LogP contribution in [0.3, 0.4) is 0 Å². The van der Waals surface area contributed by atoms with Crippen LogP contribution in [0.1, 0.15) is 43.5 Å². The van der Waals surface area contributed by atoms with Crippen LogP contribution in [-0.2, 0) is 10.0 Å². The van der Waals surface area contributed by atoms with Crippen molar-refractivity contribution in [2.75, 3.05) is 26.0 Å². The van der Waals surface area contributed by atoms with E-state index < -0.39 is 34.3 Å². The second-order valence-corrected chi connectivity index (χ2v) is 8.95. The van der Waals surface area contributed by atoms with Gasteiger partial charge >= 0.3 is 0 Å². The molecular weight excluding hydrogens is 390 g/mol. The topological polar surface area (TPSA) is 75.7 Å². The van der Waals surface area contributed by atoms with Crippen LogP contribution in [-0.4, -0.2) is 57.1 Å². The van der Waals surface area contributed by atoms with Gasteiger partial charge in [0.15, 0.2) is 0 Å². The molecule has 0 spiro atoms. The number of benzene rings is 1. The molecule has 0 saturated heterocycles. The zero-order chi connectivity index (χ0) is 20.9. The van der Waals surface area contributed by atoms with Gasteiger partial charge in [-0.25, -0.2) is 21.9 Å². The van der Waals surface area contributed by atoms with Gasteiger partial charge in [0.05, 0.1) is 12.9 Å². The summed E-state index contributed by atoms with van der Waals surface area (Å²) in [6.45, 7) is 4.99. The first-order valence-electron chi connectivity index (χ1n) is 9.42. The van der Waals surface area contributed by atoms with E-state index in [0.29, 0.717) is 24.4 Å². The Morgan fingerprint density at radius 2 is 1.86 bits per heavy atom. The summed E-state index contributed by atoms with van der Waals surface area (Å²) in [5.41, 5.74) is 0.525. The van der Waals surface area contributed by atoms with E-state index in [4.69, 9.17) is 4.74 Å². The number of nitrogens with one attached hydrogen (secondary N) is 1. The normalized spacial score (nSPS) is 21.9. The zero-order valence-corrected chi connectivity index (χ0v) is 17.3. The standard InChI is InChI=1S/C19H28F2N2O4S/c1-4-23(5-2)18(24)14-6-8-16(9-7-14)27-13-15-12-19(20,21)11-10-17(15)22-28(3,25)26/h6-9,15,17,22H,4-5,10-13H2,1-3H3/t15-,17+/m1/s1. The fraction of sp³-hybridized carbons (Fsp3) is 0.632. The minimum Gasteiger partial charge on any atom is -0.493 e. The smallest absolute Gasteiger partial charge is 0.253 e. The molecule has 9 heteroatoms. The molecule has 6 nitrogen and oxygen atoms in total. The second kappa shape index (κ2) is 9.17. The highest BCUT2D eigenvalue weighted by Crippen LogP contribution is 2.37. The quantitative estimate of drug-likeness (QED) is 0.704. The van der Waals surface area contributed by atoms with Crippen LogP contribution < -0.4 is 9.46 Å². The number of hydrogen-bond acceptors (Lipinski definition) is 4. The third-order valence-electron chi connectivity index (χ3n) is 4.93. The van der Waals surface area contributed by atoms with Crippen molar-refractivity contribution in [3.05, 3.63) is 29.8 Å². The van der Waals surface area contributed by atoms with Gasteiger partial charge in [0, 0.05) is 43.5 Å². The molecule has 1 N–H and O–H groups in total. The minimum atomic E-state index is -3.50. The molecule has 158 valence electrons. The van der Waals surface area contributed by atoms with Gasteiger partial charge in [-0.2, -0.15) is 0 Å². The molecule has 0 aliphatic heterocycles. The maximum atomic E-state index is 13.8. The average Bonchev–Trinajstić information content (AvgIpc) is 2.62. The van der Waals surface area contributed by atoms with Crippen LogP contribution in [0, 0.1) is 5.92 Å². The molecule has 1 aromatic carbocycles. The molecule has 1 aliphatic rings. The Labute approximate surface area is 165 Å². The van der Waals surface area contributed by atoms with E-state index in [2.05, 4.69) is 4.72 Å². The Bertz CT molecular complexity index is 765. The summed E-state index contributed by atoms with van der Waals surface area (Å²) in [5, 5.41) is 0. The Kier molecular flexibility index (Phi) is 7.39. The van der Waals surface area contributed by atoms with Crippen LogP contribution in [0.2, 0.25) is 0 Å². The van der Waals surface area contributed by atoms with E-state index in [9.17, 15) is 22.0 Å². The van der Waals surface area contributed by atoms with Gasteiger partial charge in [0.2, 0.25) is 15.9 Å². The van der Waals surface area contributed by atoms with Gasteiger partial charge in [-0.1, -0.05) is 0 Å². The first-order chi connectivity index (χ1) is 13.0. The molecule has 28 heavy (non-hydrogen) atoms. The fourth-order valence-electron chi connectivity index (χ4n) is 3.43. The SMILES string of the molecule is CCN(CC)C(=O)c1ccc(OC[C@H]2CC(F)(F)CC[C@@H]2NS(C)(=O)=O)cc1. The average molecular weight is 419 g/mol. The third kappa shape index (κ3) is 6.41. The monoisotopic (exact) mass is 418 g/mol. The lowest BCUT2D eigenvalue weighted by atomic mass is 9.83. The van der Waals surface area contributed by atoms with E-state index in [1.165, 1.54) is 0 Å². The van der Waals surface area contributed by atoms with E-state index in [-0.39, 0.29) is 25.4 Å². The first-order valence-corrected chi connectivity index (χ1v) is 11.3. The summed E-state index contributed by atoms with van der Waals surface area (Å²) >= 11 is 0. The molecule has 1 amide bonds. The number of amides is 1. The summed E-state index contributed by atoms with van der Waals surface area (Å²) in [4.78, 5) is 14.0. The van der Waals surface area contributed by atoms with Crippen LogP contribution in [0.25, 0.3) is 0 Å². The van der Waals surface area contributed by atoms with Crippen LogP contribution in [0.5, 0.6) is 5.75 Å². The van der Waals surface area contributed by atoms with Crippen molar-refractivity contribution in [1.29, 1.82) is 0 Å². The number of nitrogens with zero attached hydrogens (tertiary/aromatic N) is 1. The summed E-state index contributed by atoms with van der Waals surface area (Å²) in [7, 11) is -3.50. The zero-order valence-electron chi connectivity index (χ0n) is 16.5. The summed E-state index contributed by atoms with van der Waals surface area (Å²) in [5.74, 6) is -3.11. The molecule has 1 fully saturated rings. The lowest BCUT2D eigenvalue weighted by Gasteiger charge is -2.35. The van der Waals surface area contributed by atoms with Gasteiger partial charge in [0.1, 0.15) is 5.75 Å². The van der Waals surface area contributed by atoms with Crippen LogP contribution in [0.15, 0.2) is 24.3 Å². The molecule has 2 atom stereocenters. The number of alkyl halides is 2. The van der Waals surface area contributed by atoms with Crippen molar-refractivity contribution in [2.24, 2.45) is 5.92 Å². The Hall–Kier alpha value is -1.74. The van der Waals surface area contributed by atoms with Crippen molar-refractivity contribution in [3.63, 3.8) is 0 Å². The van der Waals surface area contributed by atoms with Crippen molar-refractivity contribution in [1.82, 2.24) is 9.62 Å². The van der Waals surface area contributed by atoms with Crippen LogP contribution in [0.4, 0.5) is 8.78 Å². The summed E-state index contributed by atoms with van der Waals surface area (Å²) in [6.07, 6.45) is 0.298. The number of carbonyl (C=O) groups is 1. The van der Waals surface area contributed by atoms with Crippen molar-refractivity contribution in [3.8, 4) is 5.75 Å². The summed E-state index contributed by atoms with van der Waals surface area (Å²) in [6, 6.07) is 5.93. The lowest BCUT2D eigenvalue weighted by Crippen LogP contribution is -2.48. The highest BCUT2D eigenvalue weighted by molar-refractivity contribution is 7.88. The van der Waals surface area contributed by atoms with Gasteiger partial charge < -0.3 is 9.64 Å². The van der Waals surface area contributed by atoms with Crippen molar-refractivity contribution >= 4 is 15.9 Å². The molecule has 1 aliphatic carbocycles. The number of rotatable bonds is 8. The highest BCUT2D eigenvalue weighted by Gasteiger charge is 2.42. The highest BCUT2D eigenvalue weighted by atomic mass is 32.2. The molecule has 0 aromatic heterocycles. The molecule has 0 radical (unpaired) electrons. The van der Waals surface area contributed by atoms with E-state index in [1.54, 1.807) is 29.2 Å². The molecule has 0 unspecified atom stereocenters. The predicted octanol–water partition coefficient (Wildman–Crippen LogP) is 2.90. The minimum absolute atomic E-state index is 0.0356. The Morgan fingerprint density at radius 3 is 2.39 bits per heavy atom. The van der Waals surface area contributed by atoms with Gasteiger partial charge in [-0.3, -0.25) is 4.79 Å². The van der Waals surface area contributed by atoms with E-state index >= 15 is 0 Å². The van der Waals surface area contributed by atoms with E-state index in [1.807, 2.05) is 13.8 Å². The number of ether oxygens (including phenoxy) is 1. The summed E-state index contributed by atoms with van der Waals surface area (Å²) < 4.78 is 58.7. The van der Waals surface area contributed by atoms with Gasteiger partial charge in [-0.15, -0.1) is 0 Å². The number of halogens is 2. The van der Waals surface area contributed by atoms with Crippen LogP contribution >= 0.6 is 0 Å². The lowest BCUT2D eigenvalue weighted by molar-refractivity contribution is -0.0660.